The summed E-state index contributed by atoms with van der Waals surface area (Å²) in [6.07, 6.45) is 1.87. The molecule has 214 valence electrons. The quantitative estimate of drug-likeness (QED) is 0.201. The zero-order valence-corrected chi connectivity index (χ0v) is 24.8. The molecule has 0 spiro atoms. The molecule has 0 saturated heterocycles. The van der Waals surface area contributed by atoms with E-state index in [-0.39, 0.29) is 0 Å². The first-order valence-electron chi connectivity index (χ1n) is 15.4. The molecule has 4 nitrogen and oxygen atoms in total. The Hall–Kier alpha value is -6.26. The smallest absolute Gasteiger partial charge is 0.165 e. The minimum Gasteiger partial charge on any atom is -0.255 e. The Labute approximate surface area is 266 Å². The van der Waals surface area contributed by atoms with Crippen LogP contribution in [-0.4, -0.2) is 19.9 Å². The summed E-state index contributed by atoms with van der Waals surface area (Å²) in [5, 5.41) is 2.50. The lowest BCUT2D eigenvalue weighted by Gasteiger charge is -2.11. The van der Waals surface area contributed by atoms with E-state index in [1.807, 2.05) is 42.6 Å². The number of aromatic nitrogens is 4. The van der Waals surface area contributed by atoms with E-state index in [2.05, 4.69) is 115 Å². The van der Waals surface area contributed by atoms with Crippen LogP contribution in [-0.2, 0) is 0 Å². The Balaban J connectivity index is 1.11. The van der Waals surface area contributed by atoms with Crippen LogP contribution in [0.2, 0.25) is 0 Å². The van der Waals surface area contributed by atoms with Crippen LogP contribution in [0.1, 0.15) is 0 Å². The van der Waals surface area contributed by atoms with Gasteiger partial charge in [-0.1, -0.05) is 140 Å². The van der Waals surface area contributed by atoms with Gasteiger partial charge in [0, 0.05) is 28.5 Å². The molecule has 0 bridgehead atoms. The van der Waals surface area contributed by atoms with Gasteiger partial charge in [0.1, 0.15) is 0 Å². The SMILES string of the molecule is c1ccc(-c2ccc(-c3nc(-c4ccccc4)nc(-c4ccc(-c5ccc6c7c(cccc57)-c5ccccc5-6)nc4)n3)cc2)cc1. The van der Waals surface area contributed by atoms with Crippen molar-refractivity contribution < 1.29 is 0 Å². The van der Waals surface area contributed by atoms with Crippen molar-refractivity contribution in [3.8, 4) is 78.8 Å². The lowest BCUT2D eigenvalue weighted by atomic mass is 9.96. The Kier molecular flexibility index (Phi) is 6.10. The molecule has 0 N–H and O–H groups in total. The number of pyridine rings is 1. The normalized spacial score (nSPS) is 11.5. The van der Waals surface area contributed by atoms with Crippen LogP contribution < -0.4 is 0 Å². The highest BCUT2D eigenvalue weighted by molar-refractivity contribution is 6.18. The van der Waals surface area contributed by atoms with E-state index in [4.69, 9.17) is 19.9 Å². The summed E-state index contributed by atoms with van der Waals surface area (Å²) >= 11 is 0. The van der Waals surface area contributed by atoms with E-state index in [1.165, 1.54) is 38.6 Å². The van der Waals surface area contributed by atoms with E-state index >= 15 is 0 Å². The summed E-state index contributed by atoms with van der Waals surface area (Å²) in [6, 6.07) is 52.6. The topological polar surface area (TPSA) is 51.6 Å². The van der Waals surface area contributed by atoms with Gasteiger partial charge in [0.25, 0.3) is 0 Å². The fourth-order valence-electron chi connectivity index (χ4n) is 6.51. The maximum atomic E-state index is 4.95. The molecule has 1 aliphatic carbocycles. The lowest BCUT2D eigenvalue weighted by Crippen LogP contribution is -2.00. The fourth-order valence-corrected chi connectivity index (χ4v) is 6.51. The third-order valence-electron chi connectivity index (χ3n) is 8.76. The van der Waals surface area contributed by atoms with E-state index < -0.39 is 0 Å². The molecule has 0 saturated carbocycles. The van der Waals surface area contributed by atoms with E-state index in [1.54, 1.807) is 0 Å². The van der Waals surface area contributed by atoms with Crippen LogP contribution in [0.15, 0.2) is 158 Å². The number of hydrogen-bond donors (Lipinski definition) is 0. The average Bonchev–Trinajstić information content (AvgIpc) is 3.47. The molecule has 1 aliphatic rings. The van der Waals surface area contributed by atoms with Gasteiger partial charge in [0.15, 0.2) is 17.5 Å². The molecule has 0 atom stereocenters. The van der Waals surface area contributed by atoms with Gasteiger partial charge in [-0.25, -0.2) is 15.0 Å². The van der Waals surface area contributed by atoms with Crippen LogP contribution >= 0.6 is 0 Å². The molecular formula is C42H26N4. The summed E-state index contributed by atoms with van der Waals surface area (Å²) < 4.78 is 0. The number of fused-ring (bicyclic) bond motifs is 3. The molecule has 8 aromatic rings. The number of hydrogen-bond acceptors (Lipinski definition) is 4. The van der Waals surface area contributed by atoms with Gasteiger partial charge < -0.3 is 0 Å². The van der Waals surface area contributed by atoms with Crippen molar-refractivity contribution >= 4 is 10.8 Å². The monoisotopic (exact) mass is 586 g/mol. The highest BCUT2D eigenvalue weighted by Crippen LogP contribution is 2.49. The van der Waals surface area contributed by atoms with Crippen molar-refractivity contribution in [2.45, 2.75) is 0 Å². The van der Waals surface area contributed by atoms with E-state index in [0.717, 1.165) is 33.5 Å². The highest BCUT2D eigenvalue weighted by atomic mass is 15.0. The van der Waals surface area contributed by atoms with Gasteiger partial charge in [-0.3, -0.25) is 4.98 Å². The Morgan fingerprint density at radius 1 is 0.304 bits per heavy atom. The highest BCUT2D eigenvalue weighted by Gasteiger charge is 2.22. The van der Waals surface area contributed by atoms with Crippen molar-refractivity contribution in [2.75, 3.05) is 0 Å². The predicted octanol–water partition coefficient (Wildman–Crippen LogP) is 10.4. The lowest BCUT2D eigenvalue weighted by molar-refractivity contribution is 1.07. The first-order valence-corrected chi connectivity index (χ1v) is 15.4. The van der Waals surface area contributed by atoms with Crippen LogP contribution in [0.25, 0.3) is 89.6 Å². The largest absolute Gasteiger partial charge is 0.255 e. The predicted molar refractivity (Wildman–Crippen MR) is 187 cm³/mol. The summed E-state index contributed by atoms with van der Waals surface area (Å²) in [4.78, 5) is 19.7. The molecule has 6 aromatic carbocycles. The van der Waals surface area contributed by atoms with Crippen molar-refractivity contribution in [1.82, 2.24) is 19.9 Å². The molecule has 0 radical (unpaired) electrons. The molecule has 4 heteroatoms. The van der Waals surface area contributed by atoms with Gasteiger partial charge in [-0.2, -0.15) is 0 Å². The van der Waals surface area contributed by atoms with Gasteiger partial charge >= 0.3 is 0 Å². The summed E-state index contributed by atoms with van der Waals surface area (Å²) in [5.74, 6) is 1.84. The van der Waals surface area contributed by atoms with Gasteiger partial charge in [-0.15, -0.1) is 0 Å². The Bertz CT molecular complexity index is 2350. The average molecular weight is 587 g/mol. The second-order valence-corrected chi connectivity index (χ2v) is 11.5. The van der Waals surface area contributed by atoms with Gasteiger partial charge in [-0.05, 0) is 56.3 Å². The number of nitrogens with zero attached hydrogens (tertiary/aromatic N) is 4. The van der Waals surface area contributed by atoms with E-state index in [0.29, 0.717) is 17.5 Å². The zero-order valence-electron chi connectivity index (χ0n) is 24.8. The molecule has 46 heavy (non-hydrogen) atoms. The maximum Gasteiger partial charge on any atom is 0.165 e. The van der Waals surface area contributed by atoms with Crippen LogP contribution in [0, 0.1) is 0 Å². The molecule has 9 rings (SSSR count). The van der Waals surface area contributed by atoms with Crippen molar-refractivity contribution in [2.24, 2.45) is 0 Å². The second-order valence-electron chi connectivity index (χ2n) is 11.5. The zero-order chi connectivity index (χ0) is 30.5. The summed E-state index contributed by atoms with van der Waals surface area (Å²) in [6.45, 7) is 0. The Morgan fingerprint density at radius 2 is 0.783 bits per heavy atom. The van der Waals surface area contributed by atoms with Crippen LogP contribution in [0.3, 0.4) is 0 Å². The van der Waals surface area contributed by atoms with Gasteiger partial charge in [0.2, 0.25) is 0 Å². The molecule has 2 aromatic heterocycles. The summed E-state index contributed by atoms with van der Waals surface area (Å²) in [5.41, 5.74) is 12.2. The first-order chi connectivity index (χ1) is 22.8. The standard InChI is InChI=1S/C42H26N4/c1-3-10-27(11-4-1)28-18-20-30(21-19-28)41-44-40(29-12-5-2-6-13-29)45-42(46-41)31-22-25-38(43-26-31)34-23-24-37-33-15-8-7-14-32(33)35-16-9-17-36(34)39(35)37/h1-26H. The van der Waals surface area contributed by atoms with Crippen LogP contribution in [0.4, 0.5) is 0 Å². The first kappa shape index (κ1) is 26.2. The second kappa shape index (κ2) is 10.7. The molecule has 0 unspecified atom stereocenters. The fraction of sp³-hybridized carbons (Fsp3) is 0. The molecular weight excluding hydrogens is 560 g/mol. The Morgan fingerprint density at radius 3 is 1.43 bits per heavy atom. The third kappa shape index (κ3) is 4.39. The van der Waals surface area contributed by atoms with Crippen molar-refractivity contribution in [3.63, 3.8) is 0 Å². The number of rotatable bonds is 5. The molecule has 2 heterocycles. The van der Waals surface area contributed by atoms with E-state index in [9.17, 15) is 0 Å². The molecule has 0 aliphatic heterocycles. The minimum absolute atomic E-state index is 0.589. The van der Waals surface area contributed by atoms with Crippen LogP contribution in [0.5, 0.6) is 0 Å². The van der Waals surface area contributed by atoms with Crippen molar-refractivity contribution in [3.05, 3.63) is 158 Å². The minimum atomic E-state index is 0.589. The van der Waals surface area contributed by atoms with Gasteiger partial charge in [0.05, 0.1) is 5.69 Å². The number of benzene rings is 6. The maximum absolute atomic E-state index is 4.95. The summed E-state index contributed by atoms with van der Waals surface area (Å²) in [7, 11) is 0. The molecule has 0 amide bonds. The third-order valence-corrected chi connectivity index (χ3v) is 8.76. The van der Waals surface area contributed by atoms with Crippen molar-refractivity contribution in [1.29, 1.82) is 0 Å². The molecule has 0 fully saturated rings.